The van der Waals surface area contributed by atoms with Crippen LogP contribution in [-0.4, -0.2) is 26.2 Å². The molecule has 2 nitrogen and oxygen atoms in total. The van der Waals surface area contributed by atoms with Crippen LogP contribution in [0, 0.1) is 12.8 Å². The number of anilines is 1. The van der Waals surface area contributed by atoms with Crippen molar-refractivity contribution >= 4 is 5.69 Å². The van der Waals surface area contributed by atoms with Crippen LogP contribution in [0.25, 0.3) is 0 Å². The summed E-state index contributed by atoms with van der Waals surface area (Å²) in [7, 11) is 0. The fourth-order valence-electron chi connectivity index (χ4n) is 2.80. The van der Waals surface area contributed by atoms with Gasteiger partial charge in [-0.25, -0.2) is 0 Å². The highest BCUT2D eigenvalue weighted by atomic mass is 15.1. The molecule has 0 spiro atoms. The van der Waals surface area contributed by atoms with Gasteiger partial charge in [-0.1, -0.05) is 12.1 Å². The molecule has 100 valence electrons. The number of benzene rings is 1. The first-order valence-electron chi connectivity index (χ1n) is 7.32. The van der Waals surface area contributed by atoms with Crippen LogP contribution in [0.15, 0.2) is 24.3 Å². The van der Waals surface area contributed by atoms with E-state index < -0.39 is 0 Å². The lowest BCUT2D eigenvalue weighted by Gasteiger charge is -2.28. The largest absolute Gasteiger partial charge is 0.372 e. The van der Waals surface area contributed by atoms with E-state index in [2.05, 4.69) is 48.3 Å². The van der Waals surface area contributed by atoms with Crippen LogP contribution in [0.3, 0.4) is 0 Å². The van der Waals surface area contributed by atoms with E-state index in [1.807, 2.05) is 0 Å². The van der Waals surface area contributed by atoms with Gasteiger partial charge in [0.15, 0.2) is 0 Å². The third-order valence-electron chi connectivity index (χ3n) is 4.01. The zero-order valence-corrected chi connectivity index (χ0v) is 11.8. The van der Waals surface area contributed by atoms with Crippen molar-refractivity contribution in [3.05, 3.63) is 29.8 Å². The smallest absolute Gasteiger partial charge is 0.0368 e. The Morgan fingerprint density at radius 3 is 2.72 bits per heavy atom. The van der Waals surface area contributed by atoms with E-state index >= 15 is 0 Å². The molecule has 1 N–H and O–H groups in total. The van der Waals surface area contributed by atoms with E-state index in [9.17, 15) is 0 Å². The minimum atomic E-state index is 0.921. The molecule has 0 bridgehead atoms. The van der Waals surface area contributed by atoms with Crippen LogP contribution in [-0.2, 0) is 0 Å². The topological polar surface area (TPSA) is 15.3 Å². The fraction of sp³-hybridized carbons (Fsp3) is 0.625. The van der Waals surface area contributed by atoms with Crippen molar-refractivity contribution in [3.8, 4) is 0 Å². The summed E-state index contributed by atoms with van der Waals surface area (Å²) < 4.78 is 0. The molecule has 1 fully saturated rings. The second-order valence-electron chi connectivity index (χ2n) is 5.40. The van der Waals surface area contributed by atoms with Crippen LogP contribution < -0.4 is 10.2 Å². The van der Waals surface area contributed by atoms with Gasteiger partial charge in [0, 0.05) is 18.8 Å². The second kappa shape index (κ2) is 6.79. The van der Waals surface area contributed by atoms with Crippen molar-refractivity contribution in [1.82, 2.24) is 5.32 Å². The predicted molar refractivity (Wildman–Crippen MR) is 79.3 cm³/mol. The Morgan fingerprint density at radius 1 is 1.28 bits per heavy atom. The minimum Gasteiger partial charge on any atom is -0.372 e. The van der Waals surface area contributed by atoms with Gasteiger partial charge in [0.25, 0.3) is 0 Å². The predicted octanol–water partition coefficient (Wildman–Crippen LogP) is 3.21. The third-order valence-corrected chi connectivity index (χ3v) is 4.01. The highest BCUT2D eigenvalue weighted by molar-refractivity contribution is 5.48. The summed E-state index contributed by atoms with van der Waals surface area (Å²) in [5.41, 5.74) is 2.74. The van der Waals surface area contributed by atoms with E-state index in [-0.39, 0.29) is 0 Å². The highest BCUT2D eigenvalue weighted by Crippen LogP contribution is 2.20. The van der Waals surface area contributed by atoms with Crippen LogP contribution in [0.4, 0.5) is 5.69 Å². The van der Waals surface area contributed by atoms with Gasteiger partial charge in [-0.05, 0) is 69.8 Å². The molecular formula is C16H26N2. The fourth-order valence-corrected chi connectivity index (χ4v) is 2.80. The molecule has 18 heavy (non-hydrogen) atoms. The lowest BCUT2D eigenvalue weighted by Crippen LogP contribution is -2.31. The van der Waals surface area contributed by atoms with Gasteiger partial charge in [-0.15, -0.1) is 0 Å². The molecule has 1 aromatic rings. The molecule has 1 aliphatic rings. The van der Waals surface area contributed by atoms with Crippen LogP contribution in [0.5, 0.6) is 0 Å². The Balaban J connectivity index is 1.88. The van der Waals surface area contributed by atoms with Gasteiger partial charge in [-0.3, -0.25) is 0 Å². The van der Waals surface area contributed by atoms with E-state index in [1.54, 1.807) is 0 Å². The summed E-state index contributed by atoms with van der Waals surface area (Å²) in [6.45, 7) is 9.15. The molecule has 0 aromatic heterocycles. The number of hydrogen-bond acceptors (Lipinski definition) is 2. The molecule has 2 heteroatoms. The maximum atomic E-state index is 3.44. The molecule has 0 radical (unpaired) electrons. The van der Waals surface area contributed by atoms with Gasteiger partial charge in [0.05, 0.1) is 0 Å². The van der Waals surface area contributed by atoms with Crippen molar-refractivity contribution in [1.29, 1.82) is 0 Å². The molecule has 1 aliphatic heterocycles. The Hall–Kier alpha value is -1.02. The zero-order chi connectivity index (χ0) is 12.8. The third kappa shape index (κ3) is 3.74. The normalized spacial score (nSPS) is 16.8. The SMILES string of the molecule is CCN(CCC1CCNCC1)c1cccc(C)c1. The van der Waals surface area contributed by atoms with Crippen molar-refractivity contribution < 1.29 is 0 Å². The Bertz CT molecular complexity index is 356. The quantitative estimate of drug-likeness (QED) is 0.858. The van der Waals surface area contributed by atoms with Crippen molar-refractivity contribution in [2.24, 2.45) is 5.92 Å². The van der Waals surface area contributed by atoms with Crippen LogP contribution in [0.1, 0.15) is 31.7 Å². The van der Waals surface area contributed by atoms with Gasteiger partial charge in [0.1, 0.15) is 0 Å². The molecule has 0 saturated carbocycles. The molecule has 1 heterocycles. The number of rotatable bonds is 5. The monoisotopic (exact) mass is 246 g/mol. The number of aryl methyl sites for hydroxylation is 1. The van der Waals surface area contributed by atoms with E-state index in [0.29, 0.717) is 0 Å². The Morgan fingerprint density at radius 2 is 2.06 bits per heavy atom. The van der Waals surface area contributed by atoms with Crippen LogP contribution in [0.2, 0.25) is 0 Å². The molecule has 1 saturated heterocycles. The average molecular weight is 246 g/mol. The first-order valence-corrected chi connectivity index (χ1v) is 7.32. The summed E-state index contributed by atoms with van der Waals surface area (Å²) in [6.07, 6.45) is 4.04. The Kier molecular flexibility index (Phi) is 5.06. The summed E-state index contributed by atoms with van der Waals surface area (Å²) in [6, 6.07) is 8.87. The summed E-state index contributed by atoms with van der Waals surface area (Å²) in [4.78, 5) is 2.51. The van der Waals surface area contributed by atoms with Gasteiger partial charge in [0.2, 0.25) is 0 Å². The summed E-state index contributed by atoms with van der Waals surface area (Å²) in [5, 5.41) is 3.44. The standard InChI is InChI=1S/C16H26N2/c1-3-18(16-6-4-5-14(2)13-16)12-9-15-7-10-17-11-8-15/h4-6,13,15,17H,3,7-12H2,1-2H3. The number of hydrogen-bond donors (Lipinski definition) is 1. The molecule has 0 aliphatic carbocycles. The molecule has 2 rings (SSSR count). The zero-order valence-electron chi connectivity index (χ0n) is 11.8. The minimum absolute atomic E-state index is 0.921. The van der Waals surface area contributed by atoms with E-state index in [4.69, 9.17) is 0 Å². The maximum absolute atomic E-state index is 3.44. The molecule has 1 aromatic carbocycles. The average Bonchev–Trinajstić information content (AvgIpc) is 2.41. The van der Waals surface area contributed by atoms with Gasteiger partial charge >= 0.3 is 0 Å². The van der Waals surface area contributed by atoms with Crippen LogP contribution >= 0.6 is 0 Å². The molecule has 0 unspecified atom stereocenters. The number of nitrogens with zero attached hydrogens (tertiary/aromatic N) is 1. The van der Waals surface area contributed by atoms with Gasteiger partial charge < -0.3 is 10.2 Å². The van der Waals surface area contributed by atoms with E-state index in [1.165, 1.54) is 50.1 Å². The first-order chi connectivity index (χ1) is 8.79. The highest BCUT2D eigenvalue weighted by Gasteiger charge is 2.14. The lowest BCUT2D eigenvalue weighted by atomic mass is 9.94. The number of piperidine rings is 1. The summed E-state index contributed by atoms with van der Waals surface area (Å²) >= 11 is 0. The molecule has 0 atom stereocenters. The Labute approximate surface area is 111 Å². The van der Waals surface area contributed by atoms with Gasteiger partial charge in [-0.2, -0.15) is 0 Å². The maximum Gasteiger partial charge on any atom is 0.0368 e. The van der Waals surface area contributed by atoms with Crippen molar-refractivity contribution in [2.75, 3.05) is 31.1 Å². The molecule has 0 amide bonds. The second-order valence-corrected chi connectivity index (χ2v) is 5.40. The number of nitrogens with one attached hydrogen (secondary N) is 1. The lowest BCUT2D eigenvalue weighted by molar-refractivity contribution is 0.355. The summed E-state index contributed by atoms with van der Waals surface area (Å²) in [5.74, 6) is 0.921. The first kappa shape index (κ1) is 13.4. The molecular weight excluding hydrogens is 220 g/mol. The van der Waals surface area contributed by atoms with Crippen molar-refractivity contribution in [3.63, 3.8) is 0 Å². The van der Waals surface area contributed by atoms with E-state index in [0.717, 1.165) is 12.5 Å². The van der Waals surface area contributed by atoms with Crippen molar-refractivity contribution in [2.45, 2.75) is 33.1 Å².